The third-order valence-corrected chi connectivity index (χ3v) is 2.93. The van der Waals surface area contributed by atoms with Gasteiger partial charge >= 0.3 is 0 Å². The zero-order valence-corrected chi connectivity index (χ0v) is 11.7. The highest BCUT2D eigenvalue weighted by Crippen LogP contribution is 2.23. The Kier molecular flexibility index (Phi) is 4.48. The van der Waals surface area contributed by atoms with Crippen LogP contribution in [0.25, 0.3) is 0 Å². The van der Waals surface area contributed by atoms with E-state index < -0.39 is 6.10 Å². The van der Waals surface area contributed by atoms with Gasteiger partial charge in [-0.1, -0.05) is 29.8 Å². The van der Waals surface area contributed by atoms with Crippen LogP contribution in [0.1, 0.15) is 6.92 Å². The summed E-state index contributed by atoms with van der Waals surface area (Å²) in [6.45, 7) is 1.67. The maximum atomic E-state index is 12.0. The van der Waals surface area contributed by atoms with Crippen LogP contribution in [0, 0.1) is 0 Å². The topological polar surface area (TPSA) is 64.3 Å². The predicted octanol–water partition coefficient (Wildman–Crippen LogP) is 3.33. The zero-order valence-electron chi connectivity index (χ0n) is 11.0. The average Bonchev–Trinajstić information content (AvgIpc) is 2.44. The fourth-order valence-electron chi connectivity index (χ4n) is 1.63. The first-order valence-corrected chi connectivity index (χ1v) is 6.51. The smallest absolute Gasteiger partial charge is 0.265 e. The fraction of sp³-hybridized carbons (Fsp3) is 0.133. The SMILES string of the molecule is CC(Oc1ccccc1)C(=O)Nc1cc(Cl)ccc1N. The van der Waals surface area contributed by atoms with Crippen molar-refractivity contribution >= 4 is 28.9 Å². The molecule has 0 aliphatic heterocycles. The Balaban J connectivity index is 2.02. The molecule has 4 nitrogen and oxygen atoms in total. The molecule has 0 saturated carbocycles. The zero-order chi connectivity index (χ0) is 14.5. The van der Waals surface area contributed by atoms with Crippen molar-refractivity contribution in [2.75, 3.05) is 11.1 Å². The van der Waals surface area contributed by atoms with Crippen LogP contribution in [-0.4, -0.2) is 12.0 Å². The molecule has 0 saturated heterocycles. The second kappa shape index (κ2) is 6.30. The van der Waals surface area contributed by atoms with Crippen LogP contribution < -0.4 is 15.8 Å². The van der Waals surface area contributed by atoms with Crippen LogP contribution in [0.15, 0.2) is 48.5 Å². The Labute approximate surface area is 122 Å². The van der Waals surface area contributed by atoms with Crippen LogP contribution in [0.4, 0.5) is 11.4 Å². The maximum absolute atomic E-state index is 12.0. The van der Waals surface area contributed by atoms with E-state index in [0.717, 1.165) is 0 Å². The van der Waals surface area contributed by atoms with Crippen LogP contribution in [0.5, 0.6) is 5.75 Å². The normalized spacial score (nSPS) is 11.7. The molecule has 0 bridgehead atoms. The van der Waals surface area contributed by atoms with Gasteiger partial charge in [-0.3, -0.25) is 4.79 Å². The maximum Gasteiger partial charge on any atom is 0.265 e. The summed E-state index contributed by atoms with van der Waals surface area (Å²) < 4.78 is 5.53. The predicted molar refractivity (Wildman–Crippen MR) is 81.0 cm³/mol. The molecule has 0 radical (unpaired) electrons. The molecular formula is C15H15ClN2O2. The van der Waals surface area contributed by atoms with E-state index in [0.29, 0.717) is 22.1 Å². The molecule has 1 amide bonds. The number of carbonyl (C=O) groups is 1. The summed E-state index contributed by atoms with van der Waals surface area (Å²) in [5.41, 5.74) is 6.71. The Morgan fingerprint density at radius 2 is 1.95 bits per heavy atom. The molecule has 2 aromatic carbocycles. The first-order valence-electron chi connectivity index (χ1n) is 6.14. The molecule has 0 aliphatic rings. The molecule has 0 fully saturated rings. The van der Waals surface area contributed by atoms with Crippen molar-refractivity contribution < 1.29 is 9.53 Å². The lowest BCUT2D eigenvalue weighted by molar-refractivity contribution is -0.122. The second-order valence-corrected chi connectivity index (χ2v) is 4.73. The molecule has 1 unspecified atom stereocenters. The van der Waals surface area contributed by atoms with Crippen molar-refractivity contribution in [1.29, 1.82) is 0 Å². The van der Waals surface area contributed by atoms with Crippen molar-refractivity contribution in [3.63, 3.8) is 0 Å². The Bertz CT molecular complexity index is 602. The number of hydrogen-bond acceptors (Lipinski definition) is 3. The van der Waals surface area contributed by atoms with Gasteiger partial charge in [0.2, 0.25) is 0 Å². The van der Waals surface area contributed by atoms with Crippen LogP contribution in [0.3, 0.4) is 0 Å². The number of para-hydroxylation sites is 1. The minimum Gasteiger partial charge on any atom is -0.481 e. The number of nitrogens with one attached hydrogen (secondary N) is 1. The number of anilines is 2. The van der Waals surface area contributed by atoms with Crippen molar-refractivity contribution in [3.05, 3.63) is 53.6 Å². The number of nitrogens with two attached hydrogens (primary N) is 1. The molecular weight excluding hydrogens is 276 g/mol. The Hall–Kier alpha value is -2.20. The van der Waals surface area contributed by atoms with E-state index in [1.54, 1.807) is 37.3 Å². The van der Waals surface area contributed by atoms with Crippen molar-refractivity contribution in [1.82, 2.24) is 0 Å². The van der Waals surface area contributed by atoms with Gasteiger partial charge in [-0.2, -0.15) is 0 Å². The number of benzene rings is 2. The van der Waals surface area contributed by atoms with Gasteiger partial charge in [0.15, 0.2) is 6.10 Å². The lowest BCUT2D eigenvalue weighted by Gasteiger charge is -2.15. The number of nitrogen functional groups attached to an aromatic ring is 1. The van der Waals surface area contributed by atoms with E-state index in [1.807, 2.05) is 18.2 Å². The summed E-state index contributed by atoms with van der Waals surface area (Å²) in [5, 5.41) is 3.20. The number of halogens is 1. The highest BCUT2D eigenvalue weighted by molar-refractivity contribution is 6.31. The molecule has 2 rings (SSSR count). The molecule has 20 heavy (non-hydrogen) atoms. The highest BCUT2D eigenvalue weighted by Gasteiger charge is 2.15. The third kappa shape index (κ3) is 3.65. The van der Waals surface area contributed by atoms with Gasteiger partial charge in [-0.05, 0) is 37.3 Å². The van der Waals surface area contributed by atoms with Gasteiger partial charge in [0.05, 0.1) is 11.4 Å². The van der Waals surface area contributed by atoms with Crippen LogP contribution in [0.2, 0.25) is 5.02 Å². The van der Waals surface area contributed by atoms with E-state index in [1.165, 1.54) is 0 Å². The van der Waals surface area contributed by atoms with Gasteiger partial charge in [0.25, 0.3) is 5.91 Å². The standard InChI is InChI=1S/C15H15ClN2O2/c1-10(20-12-5-3-2-4-6-12)15(19)18-14-9-11(16)7-8-13(14)17/h2-10H,17H2,1H3,(H,18,19). The van der Waals surface area contributed by atoms with Gasteiger partial charge in [-0.25, -0.2) is 0 Å². The van der Waals surface area contributed by atoms with Gasteiger partial charge in [0, 0.05) is 5.02 Å². The van der Waals surface area contributed by atoms with Crippen molar-refractivity contribution in [2.24, 2.45) is 0 Å². The number of ether oxygens (including phenoxy) is 1. The van der Waals surface area contributed by atoms with Crippen LogP contribution >= 0.6 is 11.6 Å². The molecule has 0 spiro atoms. The van der Waals surface area contributed by atoms with E-state index in [2.05, 4.69) is 5.32 Å². The Morgan fingerprint density at radius 1 is 1.25 bits per heavy atom. The summed E-state index contributed by atoms with van der Waals surface area (Å²) in [5.74, 6) is 0.344. The Morgan fingerprint density at radius 3 is 2.65 bits per heavy atom. The molecule has 0 heterocycles. The van der Waals surface area contributed by atoms with Gasteiger partial charge in [0.1, 0.15) is 5.75 Å². The number of hydrogen-bond donors (Lipinski definition) is 2. The van der Waals surface area contributed by atoms with Crippen LogP contribution in [-0.2, 0) is 4.79 Å². The summed E-state index contributed by atoms with van der Waals surface area (Å²) in [6, 6.07) is 14.0. The highest BCUT2D eigenvalue weighted by atomic mass is 35.5. The van der Waals surface area contributed by atoms with E-state index in [4.69, 9.17) is 22.1 Å². The van der Waals surface area contributed by atoms with E-state index >= 15 is 0 Å². The second-order valence-electron chi connectivity index (χ2n) is 4.29. The summed E-state index contributed by atoms with van der Waals surface area (Å²) >= 11 is 5.87. The largest absolute Gasteiger partial charge is 0.481 e. The molecule has 0 aromatic heterocycles. The monoisotopic (exact) mass is 290 g/mol. The van der Waals surface area contributed by atoms with Crippen molar-refractivity contribution in [3.8, 4) is 5.75 Å². The first kappa shape index (κ1) is 14.2. The van der Waals surface area contributed by atoms with Crippen molar-refractivity contribution in [2.45, 2.75) is 13.0 Å². The van der Waals surface area contributed by atoms with E-state index in [9.17, 15) is 4.79 Å². The minimum atomic E-state index is -0.643. The molecule has 1 atom stereocenters. The lowest BCUT2D eigenvalue weighted by Crippen LogP contribution is -2.30. The first-order chi connectivity index (χ1) is 9.56. The van der Waals surface area contributed by atoms with Gasteiger partial charge < -0.3 is 15.8 Å². The fourth-order valence-corrected chi connectivity index (χ4v) is 1.80. The summed E-state index contributed by atoms with van der Waals surface area (Å²) in [7, 11) is 0. The number of carbonyl (C=O) groups excluding carboxylic acids is 1. The van der Waals surface area contributed by atoms with Gasteiger partial charge in [-0.15, -0.1) is 0 Å². The molecule has 3 N–H and O–H groups in total. The molecule has 2 aromatic rings. The summed E-state index contributed by atoms with van der Waals surface area (Å²) in [4.78, 5) is 12.0. The molecule has 5 heteroatoms. The minimum absolute atomic E-state index is 0.289. The summed E-state index contributed by atoms with van der Waals surface area (Å²) in [6.07, 6.45) is -0.643. The van der Waals surface area contributed by atoms with E-state index in [-0.39, 0.29) is 5.91 Å². The number of amides is 1. The average molecular weight is 291 g/mol. The molecule has 104 valence electrons. The quantitative estimate of drug-likeness (QED) is 0.849. The molecule has 0 aliphatic carbocycles. The third-order valence-electron chi connectivity index (χ3n) is 2.70. The number of rotatable bonds is 4. The lowest BCUT2D eigenvalue weighted by atomic mass is 10.2.